The zero-order valence-electron chi connectivity index (χ0n) is 6.68. The van der Waals surface area contributed by atoms with Crippen LogP contribution in [0.5, 0.6) is 0 Å². The first-order valence-corrected chi connectivity index (χ1v) is 6.30. The fourth-order valence-corrected chi connectivity index (χ4v) is 2.95. The normalized spacial score (nSPS) is 16.4. The summed E-state index contributed by atoms with van der Waals surface area (Å²) in [6.07, 6.45) is 0.137. The average molecular weight is 248 g/mol. The summed E-state index contributed by atoms with van der Waals surface area (Å²) in [5.41, 5.74) is 4.85. The van der Waals surface area contributed by atoms with E-state index in [9.17, 15) is 9.13 Å². The Morgan fingerprint density at radius 1 is 1.21 bits per heavy atom. The highest BCUT2D eigenvalue weighted by Gasteiger charge is 2.63. The molecule has 0 aromatic carbocycles. The summed E-state index contributed by atoms with van der Waals surface area (Å²) in [5, 5.41) is 11.9. The van der Waals surface area contributed by atoms with Crippen molar-refractivity contribution in [2.75, 3.05) is 0 Å². The van der Waals surface area contributed by atoms with Gasteiger partial charge in [0.05, 0.1) is 6.04 Å². The maximum atomic E-state index is 10.7. The van der Waals surface area contributed by atoms with Gasteiger partial charge in [0.1, 0.15) is 0 Å². The van der Waals surface area contributed by atoms with E-state index in [2.05, 4.69) is 0 Å². The number of nitrogens with two attached hydrogens (primary N) is 1. The third kappa shape index (κ3) is 2.10. The van der Waals surface area contributed by atoms with Crippen molar-refractivity contribution < 1.29 is 33.8 Å². The lowest BCUT2D eigenvalue weighted by atomic mass is 10.4. The van der Waals surface area contributed by atoms with E-state index in [0.717, 1.165) is 0 Å². The monoisotopic (exact) mass is 248 g/mol. The van der Waals surface area contributed by atoms with Crippen LogP contribution in [0.4, 0.5) is 0 Å². The van der Waals surface area contributed by atoms with Gasteiger partial charge in [-0.2, -0.15) is 0 Å². The van der Waals surface area contributed by atoms with Crippen LogP contribution in [0, 0.1) is 5.41 Å². The largest absolute Gasteiger partial charge is 0.371 e. The lowest BCUT2D eigenvalue weighted by Crippen LogP contribution is -2.48. The summed E-state index contributed by atoms with van der Waals surface area (Å²) < 4.78 is 21.3. The molecule has 0 saturated carbocycles. The Hall–Kier alpha value is -0.110. The van der Waals surface area contributed by atoms with Gasteiger partial charge in [0.15, 0.2) is 0 Å². The number of aliphatic hydroxyl groups is 1. The van der Waals surface area contributed by atoms with Crippen LogP contribution in [0.3, 0.4) is 0 Å². The standard InChI is InChI=1S/C3H10N2O7P2/c4-1-2(5)3(6,13(7,8)9)14(10,11)12/h1-2,4,6H,5H2,(H2,7,8,9)(H2,10,11,12). The van der Waals surface area contributed by atoms with Gasteiger partial charge in [0, 0.05) is 6.21 Å². The second-order valence-electron chi connectivity index (χ2n) is 2.47. The molecule has 1 atom stereocenters. The summed E-state index contributed by atoms with van der Waals surface area (Å²) >= 11 is 0. The fraction of sp³-hybridized carbons (Fsp3) is 0.667. The third-order valence-electron chi connectivity index (χ3n) is 1.48. The molecule has 0 aliphatic carbocycles. The van der Waals surface area contributed by atoms with Gasteiger partial charge in [-0.25, -0.2) is 0 Å². The van der Waals surface area contributed by atoms with E-state index in [-0.39, 0.29) is 6.21 Å². The number of rotatable bonds is 4. The van der Waals surface area contributed by atoms with E-state index in [4.69, 9.17) is 35.8 Å². The van der Waals surface area contributed by atoms with Crippen LogP contribution >= 0.6 is 15.2 Å². The van der Waals surface area contributed by atoms with E-state index in [1.165, 1.54) is 0 Å². The van der Waals surface area contributed by atoms with Crippen LogP contribution in [0.1, 0.15) is 0 Å². The smallest absolute Gasteiger partial charge is 0.366 e. The average Bonchev–Trinajstić information content (AvgIpc) is 1.97. The molecule has 0 saturated heterocycles. The third-order valence-corrected chi connectivity index (χ3v) is 5.36. The van der Waals surface area contributed by atoms with Gasteiger partial charge in [-0.05, 0) is 0 Å². The summed E-state index contributed by atoms with van der Waals surface area (Å²) in [7, 11) is -11.1. The quantitative estimate of drug-likeness (QED) is 0.219. The molecule has 0 amide bonds. The van der Waals surface area contributed by atoms with Crippen molar-refractivity contribution >= 4 is 21.4 Å². The molecule has 0 aromatic rings. The van der Waals surface area contributed by atoms with E-state index in [1.54, 1.807) is 0 Å². The van der Waals surface area contributed by atoms with Gasteiger partial charge in [-0.15, -0.1) is 0 Å². The molecule has 11 heteroatoms. The summed E-state index contributed by atoms with van der Waals surface area (Å²) in [6.45, 7) is 0. The summed E-state index contributed by atoms with van der Waals surface area (Å²) in [6, 6.07) is -2.16. The molecular formula is C3H10N2O7P2. The van der Waals surface area contributed by atoms with Crippen LogP contribution in [0.15, 0.2) is 0 Å². The van der Waals surface area contributed by atoms with Crippen molar-refractivity contribution in [1.82, 2.24) is 0 Å². The maximum Gasteiger partial charge on any atom is 0.371 e. The van der Waals surface area contributed by atoms with Gasteiger partial charge in [0.2, 0.25) is 0 Å². The zero-order chi connectivity index (χ0) is 11.8. The highest BCUT2D eigenvalue weighted by molar-refractivity contribution is 7.72. The Morgan fingerprint density at radius 3 is 1.57 bits per heavy atom. The van der Waals surface area contributed by atoms with Crippen LogP contribution in [-0.2, 0) is 9.13 Å². The molecule has 14 heavy (non-hydrogen) atoms. The number of hydrogen-bond acceptors (Lipinski definition) is 5. The molecule has 0 rings (SSSR count). The van der Waals surface area contributed by atoms with Crippen molar-refractivity contribution in [2.45, 2.75) is 11.1 Å². The minimum Gasteiger partial charge on any atom is -0.366 e. The van der Waals surface area contributed by atoms with Crippen molar-refractivity contribution in [1.29, 1.82) is 5.41 Å². The van der Waals surface area contributed by atoms with E-state index >= 15 is 0 Å². The molecule has 0 aliphatic heterocycles. The topological polar surface area (TPSA) is 185 Å². The first kappa shape index (κ1) is 13.9. The molecule has 0 bridgehead atoms. The van der Waals surface area contributed by atoms with Crippen molar-refractivity contribution in [2.24, 2.45) is 5.73 Å². The Labute approximate surface area is 78.4 Å². The summed E-state index contributed by atoms with van der Waals surface area (Å²) in [5.74, 6) is 0. The Balaban J connectivity index is 5.64. The predicted octanol–water partition coefficient (Wildman–Crippen LogP) is -2.04. The van der Waals surface area contributed by atoms with Crippen LogP contribution in [0.2, 0.25) is 0 Å². The Morgan fingerprint density at radius 2 is 1.50 bits per heavy atom. The van der Waals surface area contributed by atoms with Gasteiger partial charge < -0.3 is 35.8 Å². The van der Waals surface area contributed by atoms with Crippen molar-refractivity contribution in [3.05, 3.63) is 0 Å². The number of nitrogens with one attached hydrogen (secondary N) is 1. The minimum absolute atomic E-state index is 0.137. The van der Waals surface area contributed by atoms with Crippen molar-refractivity contribution in [3.63, 3.8) is 0 Å². The molecule has 1 unspecified atom stereocenters. The molecule has 9 nitrogen and oxygen atoms in total. The van der Waals surface area contributed by atoms with Gasteiger partial charge in [-0.3, -0.25) is 9.13 Å². The Bertz CT molecular complexity index is 295. The molecular weight excluding hydrogens is 238 g/mol. The van der Waals surface area contributed by atoms with Crippen LogP contribution in [-0.4, -0.2) is 42.0 Å². The molecule has 0 spiro atoms. The van der Waals surface area contributed by atoms with Gasteiger partial charge in [0.25, 0.3) is 5.08 Å². The van der Waals surface area contributed by atoms with Crippen LogP contribution in [0.25, 0.3) is 0 Å². The number of hydrogen-bond donors (Lipinski definition) is 7. The van der Waals surface area contributed by atoms with Crippen LogP contribution < -0.4 is 5.73 Å². The van der Waals surface area contributed by atoms with Gasteiger partial charge >= 0.3 is 15.2 Å². The SMILES string of the molecule is N=CC(N)C(O)(P(=O)(O)O)P(=O)(O)O. The minimum atomic E-state index is -5.57. The second-order valence-corrected chi connectivity index (χ2v) is 6.36. The van der Waals surface area contributed by atoms with E-state index < -0.39 is 26.3 Å². The highest BCUT2D eigenvalue weighted by Crippen LogP contribution is 2.68. The molecule has 8 N–H and O–H groups in total. The Kier molecular flexibility index (Phi) is 3.77. The molecule has 0 aliphatic rings. The zero-order valence-corrected chi connectivity index (χ0v) is 8.47. The fourth-order valence-electron chi connectivity index (χ4n) is 0.670. The molecule has 0 radical (unpaired) electrons. The lowest BCUT2D eigenvalue weighted by Gasteiger charge is -2.31. The molecule has 0 fully saturated rings. The van der Waals surface area contributed by atoms with E-state index in [1.807, 2.05) is 0 Å². The predicted molar refractivity (Wildman–Crippen MR) is 45.8 cm³/mol. The van der Waals surface area contributed by atoms with Crippen molar-refractivity contribution in [3.8, 4) is 0 Å². The highest BCUT2D eigenvalue weighted by atomic mass is 31.2. The molecule has 0 heterocycles. The summed E-state index contributed by atoms with van der Waals surface area (Å²) in [4.78, 5) is 34.2. The van der Waals surface area contributed by atoms with Gasteiger partial charge in [-0.1, -0.05) is 0 Å². The lowest BCUT2D eigenvalue weighted by molar-refractivity contribution is 0.125. The second kappa shape index (κ2) is 3.80. The first-order chi connectivity index (χ1) is 5.98. The maximum absolute atomic E-state index is 10.7. The molecule has 0 aromatic heterocycles. The van der Waals surface area contributed by atoms with E-state index in [0.29, 0.717) is 0 Å². The first-order valence-electron chi connectivity index (χ1n) is 3.08. The molecule has 84 valence electrons.